The fourth-order valence-electron chi connectivity index (χ4n) is 1.41. The van der Waals surface area contributed by atoms with Gasteiger partial charge in [-0.25, -0.2) is 16.8 Å². The van der Waals surface area contributed by atoms with Crippen molar-refractivity contribution in [2.24, 2.45) is 0 Å². The molecule has 0 aliphatic rings. The van der Waals surface area contributed by atoms with Crippen molar-refractivity contribution in [3.63, 3.8) is 0 Å². The molecule has 1 aromatic carbocycles. The Balaban J connectivity index is 3.53. The van der Waals surface area contributed by atoms with Crippen molar-refractivity contribution in [3.05, 3.63) is 17.7 Å². The summed E-state index contributed by atoms with van der Waals surface area (Å²) >= 11 is 0. The number of halogens is 3. The van der Waals surface area contributed by atoms with Gasteiger partial charge in [-0.05, 0) is 24.6 Å². The number of alkyl halides is 2. The summed E-state index contributed by atoms with van der Waals surface area (Å²) in [5.41, 5.74) is -0.149. The normalized spacial score (nSPS) is 12.5. The third kappa shape index (κ3) is 3.70. The Bertz CT molecular complexity index is 718. The fraction of sp³-hybridized carbons (Fsp3) is 0.333. The molecule has 0 aromatic heterocycles. The van der Waals surface area contributed by atoms with E-state index in [0.29, 0.717) is 0 Å². The molecule has 0 unspecified atom stereocenters. The summed E-state index contributed by atoms with van der Waals surface area (Å²) < 4.78 is 76.0. The molecule has 0 atom stereocenters. The first kappa shape index (κ1) is 16.9. The summed E-state index contributed by atoms with van der Waals surface area (Å²) in [6, 6.07) is 2.27. The van der Waals surface area contributed by atoms with Crippen LogP contribution in [0.25, 0.3) is 0 Å². The molecule has 6 nitrogen and oxygen atoms in total. The van der Waals surface area contributed by atoms with Gasteiger partial charge < -0.3 is 4.74 Å². The van der Waals surface area contributed by atoms with Gasteiger partial charge in [0.15, 0.2) is 5.75 Å². The third-order valence-electron chi connectivity index (χ3n) is 2.15. The van der Waals surface area contributed by atoms with Gasteiger partial charge >= 0.3 is 5.76 Å². The van der Waals surface area contributed by atoms with Gasteiger partial charge in [-0.2, -0.15) is 8.78 Å². The van der Waals surface area contributed by atoms with Gasteiger partial charge in [-0.1, -0.05) is 0 Å². The Morgan fingerprint density at radius 3 is 2.20 bits per heavy atom. The van der Waals surface area contributed by atoms with Gasteiger partial charge in [0.2, 0.25) is 0 Å². The topological polar surface area (TPSA) is 89.5 Å². The van der Waals surface area contributed by atoms with E-state index in [4.69, 9.17) is 15.4 Å². The maximum atomic E-state index is 12.3. The zero-order valence-corrected chi connectivity index (χ0v) is 12.6. The number of rotatable bonds is 5. The van der Waals surface area contributed by atoms with E-state index in [1.54, 1.807) is 4.72 Å². The van der Waals surface area contributed by atoms with E-state index < -0.39 is 41.2 Å². The van der Waals surface area contributed by atoms with Crippen molar-refractivity contribution in [2.75, 3.05) is 11.8 Å². The summed E-state index contributed by atoms with van der Waals surface area (Å²) in [4.78, 5) is -0.520. The molecule has 0 amide bonds. The van der Waals surface area contributed by atoms with E-state index in [-0.39, 0.29) is 5.56 Å². The Kier molecular flexibility index (Phi) is 4.82. The number of anilines is 1. The first-order valence-electron chi connectivity index (χ1n) is 4.92. The van der Waals surface area contributed by atoms with Crippen molar-refractivity contribution in [3.8, 4) is 5.75 Å². The highest BCUT2D eigenvalue weighted by atomic mass is 35.7. The first-order valence-corrected chi connectivity index (χ1v) is 8.77. The molecule has 1 N–H and O–H groups in total. The molecule has 0 saturated heterocycles. The van der Waals surface area contributed by atoms with Gasteiger partial charge in [0.25, 0.3) is 19.1 Å². The van der Waals surface area contributed by atoms with Crippen LogP contribution in [0.2, 0.25) is 0 Å². The van der Waals surface area contributed by atoms with Crippen LogP contribution in [0.15, 0.2) is 17.0 Å². The number of ether oxygens (including phenoxy) is 1. The number of hydrogen-bond acceptors (Lipinski definition) is 5. The van der Waals surface area contributed by atoms with Crippen molar-refractivity contribution < 1.29 is 30.4 Å². The highest BCUT2D eigenvalue weighted by Gasteiger charge is 2.28. The molecule has 11 heteroatoms. The van der Waals surface area contributed by atoms with E-state index in [9.17, 15) is 25.6 Å². The smallest absolute Gasteiger partial charge is 0.355 e. The van der Waals surface area contributed by atoms with E-state index in [0.717, 1.165) is 19.2 Å². The molecule has 1 rings (SSSR count). The van der Waals surface area contributed by atoms with Crippen molar-refractivity contribution >= 4 is 35.4 Å². The van der Waals surface area contributed by atoms with Crippen molar-refractivity contribution in [1.29, 1.82) is 0 Å². The second-order valence-electron chi connectivity index (χ2n) is 3.69. The average molecular weight is 350 g/mol. The fourth-order valence-corrected chi connectivity index (χ4v) is 3.04. The van der Waals surface area contributed by atoms with Crippen LogP contribution in [0.5, 0.6) is 5.75 Å². The first-order chi connectivity index (χ1) is 8.99. The molecular weight excluding hydrogens is 340 g/mol. The third-order valence-corrected chi connectivity index (χ3v) is 4.45. The number of benzene rings is 1. The largest absolute Gasteiger partial charge is 0.493 e. The quantitative estimate of drug-likeness (QED) is 0.820. The molecule has 0 aliphatic heterocycles. The number of aryl methyl sites for hydroxylation is 1. The lowest BCUT2D eigenvalue weighted by Gasteiger charge is -2.14. The summed E-state index contributed by atoms with van der Waals surface area (Å²) in [7, 11) is -2.97. The van der Waals surface area contributed by atoms with Crippen LogP contribution in [0.4, 0.5) is 14.5 Å². The molecule has 0 saturated carbocycles. The van der Waals surface area contributed by atoms with E-state index >= 15 is 0 Å². The number of hydrogen-bond donors (Lipinski definition) is 1. The Hall–Kier alpha value is -1.13. The van der Waals surface area contributed by atoms with Crippen molar-refractivity contribution in [1.82, 2.24) is 0 Å². The summed E-state index contributed by atoms with van der Waals surface area (Å²) in [5.74, 6) is -4.14. The molecule has 0 bridgehead atoms. The zero-order valence-electron chi connectivity index (χ0n) is 10.2. The van der Waals surface area contributed by atoms with Crippen LogP contribution in [0, 0.1) is 6.92 Å². The Morgan fingerprint density at radius 2 is 1.80 bits per heavy atom. The monoisotopic (exact) mass is 349 g/mol. The highest BCUT2D eigenvalue weighted by Crippen LogP contribution is 2.36. The maximum absolute atomic E-state index is 12.3. The Labute approximate surface area is 119 Å². The second-order valence-corrected chi connectivity index (χ2v) is 7.87. The average Bonchev–Trinajstić information content (AvgIpc) is 2.26. The lowest BCUT2D eigenvalue weighted by atomic mass is 10.2. The Morgan fingerprint density at radius 1 is 1.25 bits per heavy atom. The van der Waals surface area contributed by atoms with E-state index in [2.05, 4.69) is 0 Å². The zero-order chi connectivity index (χ0) is 15.7. The lowest BCUT2D eigenvalue weighted by molar-refractivity contribution is 0.236. The van der Waals surface area contributed by atoms with Crippen LogP contribution in [0.1, 0.15) is 5.56 Å². The minimum atomic E-state index is -4.96. The SMILES string of the molecule is COc1c(NS(=O)(=O)C(F)F)cc(C)cc1S(=O)(=O)Cl. The predicted octanol–water partition coefficient (Wildman–Crippen LogP) is 1.90. The van der Waals surface area contributed by atoms with Crippen LogP contribution in [-0.4, -0.2) is 29.7 Å². The molecule has 20 heavy (non-hydrogen) atoms. The van der Waals surface area contributed by atoms with Crippen LogP contribution in [-0.2, 0) is 19.1 Å². The maximum Gasteiger partial charge on any atom is 0.355 e. The van der Waals surface area contributed by atoms with Crippen LogP contribution < -0.4 is 9.46 Å². The van der Waals surface area contributed by atoms with Gasteiger partial charge in [0.05, 0.1) is 12.8 Å². The lowest BCUT2D eigenvalue weighted by Crippen LogP contribution is -2.21. The molecule has 114 valence electrons. The van der Waals surface area contributed by atoms with Gasteiger partial charge in [-0.3, -0.25) is 4.72 Å². The molecule has 1 aromatic rings. The van der Waals surface area contributed by atoms with E-state index in [1.807, 2.05) is 0 Å². The molecule has 0 aliphatic carbocycles. The summed E-state index contributed by atoms with van der Waals surface area (Å²) in [6.07, 6.45) is 0. The van der Waals surface area contributed by atoms with Crippen LogP contribution in [0.3, 0.4) is 0 Å². The van der Waals surface area contributed by atoms with Crippen molar-refractivity contribution in [2.45, 2.75) is 17.6 Å². The highest BCUT2D eigenvalue weighted by molar-refractivity contribution is 8.13. The minimum Gasteiger partial charge on any atom is -0.493 e. The summed E-state index contributed by atoms with van der Waals surface area (Å²) in [5, 5.41) is 0. The molecule has 0 fully saturated rings. The standard InChI is InChI=1S/C9H10ClF2NO5S2/c1-5-3-6(13-20(16,17)9(11)12)8(18-2)7(4-5)19(10,14)15/h3-4,9,13H,1-2H3. The minimum absolute atomic E-state index is 0.289. The molecule has 0 spiro atoms. The van der Waals surface area contributed by atoms with E-state index in [1.165, 1.54) is 6.92 Å². The van der Waals surface area contributed by atoms with Gasteiger partial charge in [0.1, 0.15) is 4.90 Å². The van der Waals surface area contributed by atoms with Crippen LogP contribution >= 0.6 is 10.7 Å². The van der Waals surface area contributed by atoms with Gasteiger partial charge in [0, 0.05) is 10.7 Å². The second kappa shape index (κ2) is 5.70. The number of nitrogens with one attached hydrogen (secondary N) is 1. The molecule has 0 radical (unpaired) electrons. The number of methoxy groups -OCH3 is 1. The predicted molar refractivity (Wildman–Crippen MR) is 69.3 cm³/mol. The molecule has 0 heterocycles. The number of sulfonamides is 1. The van der Waals surface area contributed by atoms with Gasteiger partial charge in [-0.15, -0.1) is 0 Å². The summed E-state index contributed by atoms with van der Waals surface area (Å²) in [6.45, 7) is 1.44. The molecular formula is C9H10ClF2NO5S2.